The Balaban J connectivity index is 1.90. The molecule has 1 aromatic carbocycles. The monoisotopic (exact) mass is 246 g/mol. The van der Waals surface area contributed by atoms with E-state index >= 15 is 0 Å². The minimum atomic E-state index is 0.151. The molecule has 0 saturated carbocycles. The van der Waals surface area contributed by atoms with Crippen molar-refractivity contribution in [3.05, 3.63) is 52.5 Å². The second kappa shape index (κ2) is 5.43. The van der Waals surface area contributed by atoms with Gasteiger partial charge in [0.15, 0.2) is 0 Å². The van der Waals surface area contributed by atoms with E-state index < -0.39 is 0 Å². The van der Waals surface area contributed by atoms with Crippen LogP contribution in [0.1, 0.15) is 24.4 Å². The molecule has 90 valence electrons. The molecule has 0 saturated heterocycles. The quantitative estimate of drug-likeness (QED) is 0.876. The number of hydrogen-bond donors (Lipinski definition) is 1. The first-order valence-corrected chi connectivity index (χ1v) is 6.71. The molecule has 0 unspecified atom stereocenters. The van der Waals surface area contributed by atoms with Crippen LogP contribution in [0.4, 0.5) is 0 Å². The minimum Gasteiger partial charge on any atom is -0.310 e. The maximum absolute atomic E-state index is 4.26. The highest BCUT2D eigenvalue weighted by Crippen LogP contribution is 2.21. The lowest BCUT2D eigenvalue weighted by Gasteiger charge is -2.25. The van der Waals surface area contributed by atoms with Crippen LogP contribution in [0.2, 0.25) is 0 Å². The van der Waals surface area contributed by atoms with Crippen molar-refractivity contribution in [3.63, 3.8) is 0 Å². The lowest BCUT2D eigenvalue weighted by atomic mass is 9.85. The van der Waals surface area contributed by atoms with E-state index in [1.54, 1.807) is 11.3 Å². The molecule has 0 radical (unpaired) electrons. The zero-order valence-corrected chi connectivity index (χ0v) is 11.1. The van der Waals surface area contributed by atoms with Crippen molar-refractivity contribution in [2.75, 3.05) is 6.54 Å². The smallest absolute Gasteiger partial charge is 0.106 e. The number of aromatic nitrogens is 1. The number of nitrogens with one attached hydrogen (secondary N) is 1. The van der Waals surface area contributed by atoms with Crippen LogP contribution in [0, 0.1) is 0 Å². The normalized spacial score (nSPS) is 11.6. The Labute approximate surface area is 107 Å². The van der Waals surface area contributed by atoms with Crippen molar-refractivity contribution in [1.82, 2.24) is 10.3 Å². The predicted octanol–water partition coefficient (Wildman–Crippen LogP) is 3.21. The average molecular weight is 246 g/mol. The highest BCUT2D eigenvalue weighted by Gasteiger charge is 2.19. The summed E-state index contributed by atoms with van der Waals surface area (Å²) >= 11 is 1.70. The molecule has 3 heteroatoms. The van der Waals surface area contributed by atoms with E-state index in [9.17, 15) is 0 Å². The summed E-state index contributed by atoms with van der Waals surface area (Å²) in [6.07, 6.45) is 1.85. The molecule has 0 aliphatic heterocycles. The summed E-state index contributed by atoms with van der Waals surface area (Å²) in [5.74, 6) is 0. The first-order chi connectivity index (χ1) is 8.18. The molecule has 2 aromatic rings. The van der Waals surface area contributed by atoms with E-state index in [0.29, 0.717) is 0 Å². The van der Waals surface area contributed by atoms with Gasteiger partial charge in [0.25, 0.3) is 0 Å². The Kier molecular flexibility index (Phi) is 3.92. The van der Waals surface area contributed by atoms with Gasteiger partial charge in [0.05, 0.1) is 0 Å². The van der Waals surface area contributed by atoms with Gasteiger partial charge in [-0.15, -0.1) is 11.3 Å². The van der Waals surface area contributed by atoms with Crippen molar-refractivity contribution in [1.29, 1.82) is 0 Å². The maximum atomic E-state index is 4.26. The van der Waals surface area contributed by atoms with Gasteiger partial charge >= 0.3 is 0 Å². The average Bonchev–Trinajstić information content (AvgIpc) is 2.83. The maximum Gasteiger partial charge on any atom is 0.106 e. The number of benzene rings is 1. The number of rotatable bonds is 5. The van der Waals surface area contributed by atoms with Crippen LogP contribution < -0.4 is 5.32 Å². The fourth-order valence-electron chi connectivity index (χ4n) is 1.81. The molecule has 17 heavy (non-hydrogen) atoms. The third-order valence-corrected chi connectivity index (χ3v) is 3.66. The fourth-order valence-corrected chi connectivity index (χ4v) is 2.40. The topological polar surface area (TPSA) is 24.9 Å². The Morgan fingerprint density at radius 3 is 2.65 bits per heavy atom. The van der Waals surface area contributed by atoms with E-state index in [2.05, 4.69) is 54.5 Å². The third-order valence-electron chi connectivity index (χ3n) is 2.88. The van der Waals surface area contributed by atoms with Gasteiger partial charge in [0.1, 0.15) is 5.01 Å². The highest BCUT2D eigenvalue weighted by atomic mass is 32.1. The summed E-state index contributed by atoms with van der Waals surface area (Å²) in [6.45, 7) is 6.33. The SMILES string of the molecule is CC(C)(CNCc1nccs1)c1ccccc1. The fraction of sp³-hybridized carbons (Fsp3) is 0.357. The van der Waals surface area contributed by atoms with Gasteiger partial charge in [-0.05, 0) is 5.56 Å². The predicted molar refractivity (Wildman–Crippen MR) is 73.3 cm³/mol. The number of hydrogen-bond acceptors (Lipinski definition) is 3. The lowest BCUT2D eigenvalue weighted by molar-refractivity contribution is 0.468. The van der Waals surface area contributed by atoms with E-state index in [1.165, 1.54) is 5.56 Å². The van der Waals surface area contributed by atoms with Crippen LogP contribution in [-0.4, -0.2) is 11.5 Å². The van der Waals surface area contributed by atoms with Crippen LogP contribution in [0.15, 0.2) is 41.9 Å². The summed E-state index contributed by atoms with van der Waals surface area (Å²) < 4.78 is 0. The summed E-state index contributed by atoms with van der Waals surface area (Å²) in [6, 6.07) is 10.6. The van der Waals surface area contributed by atoms with Gasteiger partial charge in [-0.3, -0.25) is 0 Å². The molecule has 0 spiro atoms. The van der Waals surface area contributed by atoms with E-state index in [4.69, 9.17) is 0 Å². The van der Waals surface area contributed by atoms with Crippen molar-refractivity contribution in [3.8, 4) is 0 Å². The second-order valence-corrected chi connectivity index (χ2v) is 5.76. The van der Waals surface area contributed by atoms with E-state index in [1.807, 2.05) is 11.6 Å². The molecule has 0 amide bonds. The molecule has 2 rings (SSSR count). The van der Waals surface area contributed by atoms with Gasteiger partial charge in [-0.1, -0.05) is 44.2 Å². The summed E-state index contributed by atoms with van der Waals surface area (Å²) in [7, 11) is 0. The minimum absolute atomic E-state index is 0.151. The zero-order valence-electron chi connectivity index (χ0n) is 10.3. The van der Waals surface area contributed by atoms with Gasteiger partial charge < -0.3 is 5.32 Å². The van der Waals surface area contributed by atoms with Crippen LogP contribution >= 0.6 is 11.3 Å². The van der Waals surface area contributed by atoms with Gasteiger partial charge in [-0.2, -0.15) is 0 Å². The van der Waals surface area contributed by atoms with Gasteiger partial charge in [0, 0.05) is 30.1 Å². The van der Waals surface area contributed by atoms with Gasteiger partial charge in [-0.25, -0.2) is 4.98 Å². The second-order valence-electron chi connectivity index (χ2n) is 4.78. The molecule has 1 N–H and O–H groups in total. The molecular weight excluding hydrogens is 228 g/mol. The van der Waals surface area contributed by atoms with Crippen molar-refractivity contribution >= 4 is 11.3 Å². The summed E-state index contributed by atoms with van der Waals surface area (Å²) in [5.41, 5.74) is 1.52. The Bertz CT molecular complexity index is 435. The van der Waals surface area contributed by atoms with E-state index in [-0.39, 0.29) is 5.41 Å². The van der Waals surface area contributed by atoms with Crippen molar-refractivity contribution < 1.29 is 0 Å². The van der Waals surface area contributed by atoms with Crippen LogP contribution in [0.5, 0.6) is 0 Å². The molecule has 1 heterocycles. The summed E-state index contributed by atoms with van der Waals surface area (Å²) in [4.78, 5) is 4.26. The van der Waals surface area contributed by atoms with Crippen molar-refractivity contribution in [2.45, 2.75) is 25.8 Å². The molecule has 0 fully saturated rings. The standard InChI is InChI=1S/C14H18N2S/c1-14(2,12-6-4-3-5-7-12)11-15-10-13-16-8-9-17-13/h3-9,15H,10-11H2,1-2H3. The number of thiazole rings is 1. The lowest BCUT2D eigenvalue weighted by Crippen LogP contribution is -2.32. The Morgan fingerprint density at radius 2 is 2.00 bits per heavy atom. The highest BCUT2D eigenvalue weighted by molar-refractivity contribution is 7.09. The molecule has 0 bridgehead atoms. The molecular formula is C14H18N2S. The zero-order chi connectivity index (χ0) is 12.1. The van der Waals surface area contributed by atoms with Gasteiger partial charge in [0.2, 0.25) is 0 Å². The third kappa shape index (κ3) is 3.38. The molecule has 2 nitrogen and oxygen atoms in total. The first-order valence-electron chi connectivity index (χ1n) is 5.83. The van der Waals surface area contributed by atoms with Crippen LogP contribution in [0.3, 0.4) is 0 Å². The molecule has 1 aromatic heterocycles. The largest absolute Gasteiger partial charge is 0.310 e. The van der Waals surface area contributed by atoms with Crippen LogP contribution in [-0.2, 0) is 12.0 Å². The molecule has 0 atom stereocenters. The molecule has 0 aliphatic carbocycles. The summed E-state index contributed by atoms with van der Waals surface area (Å²) in [5, 5.41) is 6.63. The number of nitrogens with zero attached hydrogens (tertiary/aromatic N) is 1. The Hall–Kier alpha value is -1.19. The molecule has 0 aliphatic rings. The van der Waals surface area contributed by atoms with E-state index in [0.717, 1.165) is 18.1 Å². The Morgan fingerprint density at radius 1 is 1.24 bits per heavy atom. The first kappa shape index (κ1) is 12.3. The van der Waals surface area contributed by atoms with Crippen LogP contribution in [0.25, 0.3) is 0 Å². The van der Waals surface area contributed by atoms with Crippen molar-refractivity contribution in [2.24, 2.45) is 0 Å².